The predicted octanol–water partition coefficient (Wildman–Crippen LogP) is 3.82. The average Bonchev–Trinajstić information content (AvgIpc) is 3.81. The third-order valence-corrected chi connectivity index (χ3v) is 9.22. The number of carbonyl (C=O) groups is 1. The number of benzene rings is 1. The molecule has 7 nitrogen and oxygen atoms in total. The van der Waals surface area contributed by atoms with E-state index in [0.29, 0.717) is 5.56 Å². The zero-order valence-corrected chi connectivity index (χ0v) is 20.8. The van der Waals surface area contributed by atoms with E-state index in [1.54, 1.807) is 0 Å². The lowest BCUT2D eigenvalue weighted by atomic mass is 9.85. The van der Waals surface area contributed by atoms with Crippen molar-refractivity contribution in [3.8, 4) is 22.5 Å². The number of likely N-dealkylation sites (N-methyl/N-ethyl adjacent to an activating group) is 1. The molecule has 0 radical (unpaired) electrons. The summed E-state index contributed by atoms with van der Waals surface area (Å²) in [5.41, 5.74) is 14.9. The number of hydrogen-bond acceptors (Lipinski definition) is 5. The molecule has 3 aliphatic carbocycles. The number of H-pyrrole nitrogens is 1. The number of piperazine rings is 1. The topological polar surface area (TPSA) is 98.5 Å². The summed E-state index contributed by atoms with van der Waals surface area (Å²) >= 11 is 0. The van der Waals surface area contributed by atoms with Crippen LogP contribution < -0.4 is 10.6 Å². The van der Waals surface area contributed by atoms with E-state index in [-0.39, 0.29) is 11.0 Å². The Balaban J connectivity index is 1.25. The molecule has 36 heavy (non-hydrogen) atoms. The Hall–Kier alpha value is -3.16. The lowest BCUT2D eigenvalue weighted by Gasteiger charge is -2.34. The Morgan fingerprint density at radius 3 is 2.42 bits per heavy atom. The van der Waals surface area contributed by atoms with Crippen molar-refractivity contribution in [2.45, 2.75) is 49.5 Å². The number of aromatic carboxylic acids is 1. The zero-order valence-electron chi connectivity index (χ0n) is 20.8. The fourth-order valence-electron chi connectivity index (χ4n) is 6.59. The molecular weight excluding hydrogens is 450 g/mol. The van der Waals surface area contributed by atoms with E-state index in [4.69, 9.17) is 10.7 Å². The molecule has 3 heterocycles. The van der Waals surface area contributed by atoms with Gasteiger partial charge in [0, 0.05) is 65.8 Å². The molecule has 1 saturated heterocycles. The Morgan fingerprint density at radius 1 is 1.06 bits per heavy atom. The van der Waals surface area contributed by atoms with Crippen LogP contribution in [0.1, 0.15) is 52.9 Å². The number of nitrogens with one attached hydrogen (secondary N) is 1. The minimum absolute atomic E-state index is 0.201. The van der Waals surface area contributed by atoms with Crippen molar-refractivity contribution in [1.29, 1.82) is 0 Å². The van der Waals surface area contributed by atoms with Gasteiger partial charge in [0.2, 0.25) is 0 Å². The molecule has 0 spiro atoms. The van der Waals surface area contributed by atoms with Crippen LogP contribution in [0.4, 0.5) is 5.69 Å². The number of anilines is 1. The van der Waals surface area contributed by atoms with Gasteiger partial charge in [0.05, 0.1) is 17.0 Å². The zero-order chi connectivity index (χ0) is 24.7. The van der Waals surface area contributed by atoms with Gasteiger partial charge in [-0.05, 0) is 74.9 Å². The SMILES string of the molecule is CN1CCN(c2ccc(-c3cc4c(cn3)CCc3c-4[nH]c(C4(C5(N)CC5)CC4)c3C(=O)O)cc2)CC1. The maximum absolute atomic E-state index is 12.5. The first-order valence-corrected chi connectivity index (χ1v) is 13.2. The third-order valence-electron chi connectivity index (χ3n) is 9.22. The Bertz CT molecular complexity index is 1360. The maximum atomic E-state index is 12.5. The van der Waals surface area contributed by atoms with Crippen LogP contribution in [0, 0.1) is 0 Å². The normalized spacial score (nSPS) is 21.6. The van der Waals surface area contributed by atoms with Crippen molar-refractivity contribution in [2.75, 3.05) is 38.1 Å². The highest BCUT2D eigenvalue weighted by atomic mass is 16.4. The summed E-state index contributed by atoms with van der Waals surface area (Å²) in [6.07, 6.45) is 7.38. The summed E-state index contributed by atoms with van der Waals surface area (Å²) in [6.45, 7) is 4.25. The summed E-state index contributed by atoms with van der Waals surface area (Å²) < 4.78 is 0. The van der Waals surface area contributed by atoms with E-state index in [9.17, 15) is 9.90 Å². The number of fused-ring (bicyclic) bond motifs is 3. The highest BCUT2D eigenvalue weighted by Crippen LogP contribution is 2.64. The molecule has 186 valence electrons. The van der Waals surface area contributed by atoms with Crippen LogP contribution in [0.3, 0.4) is 0 Å². The minimum Gasteiger partial charge on any atom is -0.478 e. The summed E-state index contributed by atoms with van der Waals surface area (Å²) in [7, 11) is 2.17. The van der Waals surface area contributed by atoms with Crippen LogP contribution in [-0.2, 0) is 18.3 Å². The second kappa shape index (κ2) is 7.67. The number of nitrogens with zero attached hydrogens (tertiary/aromatic N) is 3. The molecule has 4 N–H and O–H groups in total. The highest BCUT2D eigenvalue weighted by molar-refractivity contribution is 5.95. The molecule has 4 aliphatic rings. The quantitative estimate of drug-likeness (QED) is 0.510. The van der Waals surface area contributed by atoms with Gasteiger partial charge in [0.25, 0.3) is 0 Å². The van der Waals surface area contributed by atoms with Crippen LogP contribution in [0.15, 0.2) is 36.5 Å². The fraction of sp³-hybridized carbons (Fsp3) is 0.448. The van der Waals surface area contributed by atoms with Crippen LogP contribution >= 0.6 is 0 Å². The van der Waals surface area contributed by atoms with Gasteiger partial charge < -0.3 is 25.6 Å². The van der Waals surface area contributed by atoms with E-state index in [2.05, 4.69) is 52.2 Å². The van der Waals surface area contributed by atoms with Crippen molar-refractivity contribution in [3.05, 3.63) is 58.9 Å². The van der Waals surface area contributed by atoms with Crippen molar-refractivity contribution in [1.82, 2.24) is 14.9 Å². The van der Waals surface area contributed by atoms with Crippen LogP contribution in [0.5, 0.6) is 0 Å². The van der Waals surface area contributed by atoms with Crippen molar-refractivity contribution < 1.29 is 9.90 Å². The molecule has 0 unspecified atom stereocenters. The number of carboxylic acids is 1. The van der Waals surface area contributed by atoms with Gasteiger partial charge >= 0.3 is 5.97 Å². The lowest BCUT2D eigenvalue weighted by molar-refractivity contribution is 0.0693. The van der Waals surface area contributed by atoms with Gasteiger partial charge in [-0.1, -0.05) is 12.1 Å². The Kier molecular flexibility index (Phi) is 4.70. The summed E-state index contributed by atoms with van der Waals surface area (Å²) in [5, 5.41) is 10.2. The number of aryl methyl sites for hydroxylation is 1. The predicted molar refractivity (Wildman–Crippen MR) is 141 cm³/mol. The largest absolute Gasteiger partial charge is 0.478 e. The number of nitrogens with two attached hydrogens (primary N) is 1. The van der Waals surface area contributed by atoms with Crippen molar-refractivity contribution >= 4 is 11.7 Å². The summed E-state index contributed by atoms with van der Waals surface area (Å²) in [5.74, 6) is -0.838. The molecule has 1 aliphatic heterocycles. The maximum Gasteiger partial charge on any atom is 0.337 e. The summed E-state index contributed by atoms with van der Waals surface area (Å²) in [4.78, 5) is 25.7. The van der Waals surface area contributed by atoms with Gasteiger partial charge in [-0.25, -0.2) is 4.79 Å². The number of carboxylic acid groups (broad SMARTS) is 1. The van der Waals surface area contributed by atoms with Gasteiger partial charge in [0.1, 0.15) is 0 Å². The molecule has 7 heteroatoms. The van der Waals surface area contributed by atoms with Crippen LogP contribution in [-0.4, -0.2) is 64.7 Å². The van der Waals surface area contributed by atoms with E-state index in [0.717, 1.165) is 98.5 Å². The van der Waals surface area contributed by atoms with Crippen LogP contribution in [0.25, 0.3) is 22.5 Å². The van der Waals surface area contributed by atoms with Gasteiger partial charge in [-0.3, -0.25) is 4.98 Å². The number of hydrogen-bond donors (Lipinski definition) is 3. The van der Waals surface area contributed by atoms with Gasteiger partial charge in [0.15, 0.2) is 0 Å². The van der Waals surface area contributed by atoms with Crippen molar-refractivity contribution in [3.63, 3.8) is 0 Å². The monoisotopic (exact) mass is 483 g/mol. The van der Waals surface area contributed by atoms with E-state index < -0.39 is 5.97 Å². The second-order valence-electron chi connectivity index (χ2n) is 11.3. The number of aromatic amines is 1. The molecular formula is C29H33N5O2. The molecule has 0 atom stereocenters. The highest BCUT2D eigenvalue weighted by Gasteiger charge is 2.66. The third kappa shape index (κ3) is 3.26. The van der Waals surface area contributed by atoms with E-state index >= 15 is 0 Å². The Morgan fingerprint density at radius 2 is 1.78 bits per heavy atom. The first-order valence-electron chi connectivity index (χ1n) is 13.2. The molecule has 7 rings (SSSR count). The van der Waals surface area contributed by atoms with Crippen molar-refractivity contribution in [2.24, 2.45) is 5.73 Å². The standard InChI is InChI=1S/C29H33N5O2/c1-33-12-14-34(15-13-33)20-5-2-18(3-6-20)23-16-22-19(17-31-23)4-7-21-24(27(35)36)26(32-25(21)22)28(8-9-28)29(30)10-11-29/h2-3,5-6,16-17,32H,4,7-15,30H2,1H3,(H,35,36). The molecule has 0 amide bonds. The molecule has 0 bridgehead atoms. The van der Waals surface area contributed by atoms with E-state index in [1.807, 2.05) is 6.20 Å². The molecule has 1 aromatic carbocycles. The molecule has 2 saturated carbocycles. The van der Waals surface area contributed by atoms with Gasteiger partial charge in [-0.15, -0.1) is 0 Å². The van der Waals surface area contributed by atoms with E-state index in [1.165, 1.54) is 11.3 Å². The second-order valence-corrected chi connectivity index (χ2v) is 11.3. The average molecular weight is 484 g/mol. The van der Waals surface area contributed by atoms with Gasteiger partial charge in [-0.2, -0.15) is 0 Å². The molecule has 3 fully saturated rings. The van der Waals surface area contributed by atoms with Crippen LogP contribution in [0.2, 0.25) is 0 Å². The number of pyridine rings is 1. The fourth-order valence-corrected chi connectivity index (χ4v) is 6.59. The first kappa shape index (κ1) is 22.1. The lowest BCUT2D eigenvalue weighted by Crippen LogP contribution is -2.44. The molecule has 2 aromatic heterocycles. The minimum atomic E-state index is -0.838. The smallest absolute Gasteiger partial charge is 0.337 e. The Labute approximate surface area is 211 Å². The number of aromatic nitrogens is 2. The number of rotatable bonds is 5. The summed E-state index contributed by atoms with van der Waals surface area (Å²) in [6, 6.07) is 10.8. The first-order chi connectivity index (χ1) is 17.4. The molecule has 3 aromatic rings.